The Bertz CT molecular complexity index is 1270. The Kier molecular flexibility index (Phi) is 4.50. The number of benzene rings is 1. The monoisotopic (exact) mass is 439 g/mol. The van der Waals surface area contributed by atoms with Gasteiger partial charge in [-0.15, -0.1) is 0 Å². The van der Waals surface area contributed by atoms with E-state index in [2.05, 4.69) is 4.98 Å². The summed E-state index contributed by atoms with van der Waals surface area (Å²) < 4.78 is 38.4. The average molecular weight is 439 g/mol. The van der Waals surface area contributed by atoms with Crippen molar-refractivity contribution in [2.24, 2.45) is 0 Å². The van der Waals surface area contributed by atoms with Crippen molar-refractivity contribution in [3.8, 4) is 0 Å². The maximum Gasteiger partial charge on any atom is 0.297 e. The molecule has 0 aliphatic carbocycles. The molecule has 0 unspecified atom stereocenters. The van der Waals surface area contributed by atoms with E-state index in [1.807, 2.05) is 0 Å². The maximum absolute atomic E-state index is 13.5. The number of nitrogens with zero attached hydrogens (tertiary/aromatic N) is 3. The minimum Gasteiger partial charge on any atom is -0.619 e. The molecular weight excluding hydrogens is 422 g/mol. The number of hydrogen-bond donors (Lipinski definition) is 0. The molecule has 10 heteroatoms. The van der Waals surface area contributed by atoms with E-state index >= 15 is 0 Å². The molecule has 5 rings (SSSR count). The topological polar surface area (TPSA) is 113 Å². The Balaban J connectivity index is 1.70. The van der Waals surface area contributed by atoms with Crippen LogP contribution in [-0.4, -0.2) is 32.5 Å². The zero-order chi connectivity index (χ0) is 21.6. The first-order valence-electron chi connectivity index (χ1n) is 9.55. The third-order valence-corrected chi connectivity index (χ3v) is 6.86. The minimum atomic E-state index is -3.93. The van der Waals surface area contributed by atoms with Crippen LogP contribution in [0.2, 0.25) is 0 Å². The van der Waals surface area contributed by atoms with Crippen LogP contribution in [0.4, 0.5) is 11.4 Å². The van der Waals surface area contributed by atoms with Gasteiger partial charge in [0, 0.05) is 17.8 Å². The predicted molar refractivity (Wildman–Crippen MR) is 107 cm³/mol. The number of rotatable bonds is 3. The van der Waals surface area contributed by atoms with Gasteiger partial charge in [0.25, 0.3) is 11.7 Å². The van der Waals surface area contributed by atoms with Gasteiger partial charge in [-0.25, -0.2) is 13.4 Å². The van der Waals surface area contributed by atoms with E-state index in [1.54, 1.807) is 18.2 Å². The second kappa shape index (κ2) is 7.12. The largest absolute Gasteiger partial charge is 0.619 e. The fraction of sp³-hybridized carbons (Fsp3) is 0.190. The summed E-state index contributed by atoms with van der Waals surface area (Å²) in [5.41, 5.74) is 0.979. The number of carbonyl (C=O) groups is 1. The van der Waals surface area contributed by atoms with E-state index in [0.717, 1.165) is 0 Å². The van der Waals surface area contributed by atoms with E-state index in [0.29, 0.717) is 22.5 Å². The lowest BCUT2D eigenvalue weighted by molar-refractivity contribution is -0.604. The number of pyridine rings is 2. The first-order chi connectivity index (χ1) is 14.9. The molecule has 4 heterocycles. The van der Waals surface area contributed by atoms with Gasteiger partial charge in [-0.2, -0.15) is 4.73 Å². The molecule has 3 aromatic rings. The molecule has 0 atom stereocenters. The fourth-order valence-corrected chi connectivity index (χ4v) is 5.00. The Hall–Kier alpha value is -3.34. The summed E-state index contributed by atoms with van der Waals surface area (Å²) in [7, 11) is -3.93. The van der Waals surface area contributed by atoms with Crippen LogP contribution in [0.25, 0.3) is 0 Å². The molecule has 1 spiro atoms. The summed E-state index contributed by atoms with van der Waals surface area (Å²) in [6.45, 7) is 0.541. The van der Waals surface area contributed by atoms with Crippen LogP contribution < -0.4 is 9.63 Å². The fourth-order valence-electron chi connectivity index (χ4n) is 3.78. The number of fused-ring (bicyclic) bond motifs is 2. The van der Waals surface area contributed by atoms with E-state index in [9.17, 15) is 18.4 Å². The molecule has 2 aliphatic rings. The minimum absolute atomic E-state index is 0.0382. The number of ether oxygens (including phenoxy) is 2. The Morgan fingerprint density at radius 2 is 1.90 bits per heavy atom. The highest BCUT2D eigenvalue weighted by Gasteiger charge is 2.56. The third-order valence-electron chi connectivity index (χ3n) is 5.19. The number of sulfone groups is 1. The van der Waals surface area contributed by atoms with E-state index in [4.69, 9.17) is 9.47 Å². The van der Waals surface area contributed by atoms with Gasteiger partial charge in [0.15, 0.2) is 11.2 Å². The van der Waals surface area contributed by atoms with Crippen molar-refractivity contribution in [3.63, 3.8) is 0 Å². The Labute approximate surface area is 178 Å². The van der Waals surface area contributed by atoms with Gasteiger partial charge in [-0.1, -0.05) is 6.07 Å². The van der Waals surface area contributed by atoms with Crippen molar-refractivity contribution < 1.29 is 27.4 Å². The molecule has 9 nitrogen and oxygen atoms in total. The van der Waals surface area contributed by atoms with Gasteiger partial charge < -0.3 is 14.7 Å². The molecule has 2 aliphatic heterocycles. The summed E-state index contributed by atoms with van der Waals surface area (Å²) in [5, 5.41) is 11.7. The van der Waals surface area contributed by atoms with Crippen LogP contribution in [0.1, 0.15) is 12.0 Å². The average Bonchev–Trinajstić information content (AvgIpc) is 3.02. The highest BCUT2D eigenvalue weighted by molar-refractivity contribution is 7.91. The van der Waals surface area contributed by atoms with Crippen molar-refractivity contribution in [1.29, 1.82) is 0 Å². The molecule has 1 fully saturated rings. The molecule has 1 aromatic carbocycles. The van der Waals surface area contributed by atoms with Crippen LogP contribution in [0.3, 0.4) is 0 Å². The van der Waals surface area contributed by atoms with Crippen molar-refractivity contribution in [2.45, 2.75) is 22.1 Å². The first-order valence-corrected chi connectivity index (χ1v) is 11.0. The van der Waals surface area contributed by atoms with Gasteiger partial charge in [-0.05, 0) is 42.8 Å². The van der Waals surface area contributed by atoms with Gasteiger partial charge in [0.05, 0.1) is 23.8 Å². The van der Waals surface area contributed by atoms with Crippen LogP contribution >= 0.6 is 0 Å². The Morgan fingerprint density at radius 3 is 2.61 bits per heavy atom. The smallest absolute Gasteiger partial charge is 0.297 e. The van der Waals surface area contributed by atoms with Crippen LogP contribution in [0.15, 0.2) is 77.0 Å². The molecule has 0 bridgehead atoms. The van der Waals surface area contributed by atoms with Gasteiger partial charge >= 0.3 is 0 Å². The van der Waals surface area contributed by atoms with E-state index in [1.165, 1.54) is 53.8 Å². The lowest BCUT2D eigenvalue weighted by Gasteiger charge is -2.32. The third kappa shape index (κ3) is 2.99. The van der Waals surface area contributed by atoms with Gasteiger partial charge in [0.2, 0.25) is 16.0 Å². The standard InChI is InChI=1S/C21H17N3O6S/c25-20-21(29-11-4-12-30-21)17-13-16(31(27,28)19-6-1-2-9-22-19)7-8-18(17)24(20)15-5-3-10-23(26)14-15/h1-3,5-10,13-14H,4,11-12H2. The number of anilines is 2. The lowest BCUT2D eigenvalue weighted by Crippen LogP contribution is -2.46. The Morgan fingerprint density at radius 1 is 1.10 bits per heavy atom. The molecule has 1 saturated heterocycles. The summed E-state index contributed by atoms with van der Waals surface area (Å²) >= 11 is 0. The highest BCUT2D eigenvalue weighted by Crippen LogP contribution is 2.48. The second-order valence-electron chi connectivity index (χ2n) is 7.08. The van der Waals surface area contributed by atoms with Crippen molar-refractivity contribution in [2.75, 3.05) is 18.1 Å². The maximum atomic E-state index is 13.5. The predicted octanol–water partition coefficient (Wildman–Crippen LogP) is 1.82. The van der Waals surface area contributed by atoms with Crippen molar-refractivity contribution in [1.82, 2.24) is 4.98 Å². The number of aromatic nitrogens is 2. The van der Waals surface area contributed by atoms with E-state index in [-0.39, 0.29) is 28.7 Å². The normalized spacial score (nSPS) is 17.7. The molecule has 2 aromatic heterocycles. The van der Waals surface area contributed by atoms with Crippen LogP contribution in [0, 0.1) is 5.21 Å². The van der Waals surface area contributed by atoms with Crippen molar-refractivity contribution >= 4 is 27.1 Å². The highest BCUT2D eigenvalue weighted by atomic mass is 32.2. The van der Waals surface area contributed by atoms with Crippen molar-refractivity contribution in [3.05, 3.63) is 77.9 Å². The van der Waals surface area contributed by atoms with Crippen LogP contribution in [0.5, 0.6) is 0 Å². The van der Waals surface area contributed by atoms with E-state index < -0.39 is 21.5 Å². The number of amides is 1. The summed E-state index contributed by atoms with van der Waals surface area (Å²) in [6.07, 6.45) is 4.55. The molecule has 31 heavy (non-hydrogen) atoms. The second-order valence-corrected chi connectivity index (χ2v) is 8.98. The summed E-state index contributed by atoms with van der Waals surface area (Å²) in [5.74, 6) is -2.31. The van der Waals surface area contributed by atoms with Gasteiger partial charge in [0.1, 0.15) is 5.69 Å². The number of carbonyl (C=O) groups excluding carboxylic acids is 1. The summed E-state index contributed by atoms with van der Waals surface area (Å²) in [6, 6.07) is 12.0. The SMILES string of the molecule is O=C1N(c2ccc[n+]([O-])c2)c2ccc(S(=O)(=O)c3ccccn3)cc2C12OCCCO2. The van der Waals surface area contributed by atoms with Crippen LogP contribution in [-0.2, 0) is 29.9 Å². The number of hydrogen-bond acceptors (Lipinski definition) is 7. The zero-order valence-corrected chi connectivity index (χ0v) is 17.0. The summed E-state index contributed by atoms with van der Waals surface area (Å²) in [4.78, 5) is 18.7. The molecule has 1 amide bonds. The molecule has 158 valence electrons. The lowest BCUT2D eigenvalue weighted by atomic mass is 10.1. The molecular formula is C21H17N3O6S. The zero-order valence-electron chi connectivity index (χ0n) is 16.2. The quantitative estimate of drug-likeness (QED) is 0.452. The first kappa shape index (κ1) is 19.6. The van der Waals surface area contributed by atoms with Gasteiger partial charge in [-0.3, -0.25) is 9.69 Å². The molecule has 0 saturated carbocycles. The molecule has 0 radical (unpaired) electrons. The molecule has 0 N–H and O–H groups in total.